The molecule has 1 saturated carbocycles. The van der Waals surface area contributed by atoms with E-state index in [-0.39, 0.29) is 17.2 Å². The summed E-state index contributed by atoms with van der Waals surface area (Å²) in [4.78, 5) is 11.2. The van der Waals surface area contributed by atoms with E-state index in [1.165, 1.54) is 7.11 Å². The van der Waals surface area contributed by atoms with Gasteiger partial charge in [-0.15, -0.1) is 0 Å². The van der Waals surface area contributed by atoms with Gasteiger partial charge in [-0.1, -0.05) is 12.1 Å². The molecule has 0 radical (unpaired) electrons. The van der Waals surface area contributed by atoms with Crippen molar-refractivity contribution < 1.29 is 9.53 Å². The third kappa shape index (κ3) is 1.56. The van der Waals surface area contributed by atoms with Crippen LogP contribution in [-0.4, -0.2) is 18.9 Å². The van der Waals surface area contributed by atoms with Crippen LogP contribution in [0.3, 0.4) is 0 Å². The topological polar surface area (TPSA) is 76.2 Å². The highest BCUT2D eigenvalue weighted by Gasteiger charge is 2.47. The SMILES string of the molecule is COC(=O)c1ccc(C2(C(=N)N)CC2)cc1. The lowest BCUT2D eigenvalue weighted by molar-refractivity contribution is 0.0600. The van der Waals surface area contributed by atoms with E-state index in [4.69, 9.17) is 11.1 Å². The lowest BCUT2D eigenvalue weighted by Crippen LogP contribution is -2.27. The number of esters is 1. The molecule has 0 spiro atoms. The van der Waals surface area contributed by atoms with E-state index in [0.717, 1.165) is 18.4 Å². The van der Waals surface area contributed by atoms with Gasteiger partial charge >= 0.3 is 5.97 Å². The van der Waals surface area contributed by atoms with Crippen molar-refractivity contribution in [2.24, 2.45) is 5.73 Å². The Balaban J connectivity index is 2.27. The summed E-state index contributed by atoms with van der Waals surface area (Å²) in [6, 6.07) is 7.12. The predicted octanol–water partition coefficient (Wildman–Crippen LogP) is 1.44. The van der Waals surface area contributed by atoms with Gasteiger partial charge in [-0.3, -0.25) is 5.41 Å². The van der Waals surface area contributed by atoms with Gasteiger partial charge < -0.3 is 10.5 Å². The smallest absolute Gasteiger partial charge is 0.337 e. The second-order valence-corrected chi connectivity index (χ2v) is 4.06. The molecule has 1 aliphatic rings. The zero-order valence-electron chi connectivity index (χ0n) is 9.12. The number of amidine groups is 1. The molecular formula is C12H14N2O2. The normalized spacial score (nSPS) is 16.6. The minimum atomic E-state index is -0.348. The van der Waals surface area contributed by atoms with Gasteiger partial charge in [-0.25, -0.2) is 4.79 Å². The van der Waals surface area contributed by atoms with Crippen molar-refractivity contribution in [2.75, 3.05) is 7.11 Å². The first kappa shape index (κ1) is 10.7. The average molecular weight is 218 g/mol. The van der Waals surface area contributed by atoms with Gasteiger partial charge in [0.15, 0.2) is 0 Å². The number of hydrogen-bond donors (Lipinski definition) is 2. The van der Waals surface area contributed by atoms with E-state index < -0.39 is 0 Å². The maximum atomic E-state index is 11.2. The van der Waals surface area contributed by atoms with E-state index in [1.54, 1.807) is 12.1 Å². The number of methoxy groups -OCH3 is 1. The first-order chi connectivity index (χ1) is 7.60. The number of carbonyl (C=O) groups is 1. The van der Waals surface area contributed by atoms with Crippen molar-refractivity contribution in [1.29, 1.82) is 5.41 Å². The van der Waals surface area contributed by atoms with E-state index in [0.29, 0.717) is 5.56 Å². The summed E-state index contributed by atoms with van der Waals surface area (Å²) in [6.45, 7) is 0. The largest absolute Gasteiger partial charge is 0.465 e. The Bertz CT molecular complexity index is 433. The molecule has 0 atom stereocenters. The number of carbonyl (C=O) groups excluding carboxylic acids is 1. The quantitative estimate of drug-likeness (QED) is 0.458. The highest BCUT2D eigenvalue weighted by atomic mass is 16.5. The highest BCUT2D eigenvalue weighted by molar-refractivity contribution is 5.93. The van der Waals surface area contributed by atoms with Gasteiger partial charge in [0, 0.05) is 0 Å². The molecule has 1 fully saturated rings. The summed E-state index contributed by atoms with van der Waals surface area (Å²) in [5, 5.41) is 7.56. The fourth-order valence-electron chi connectivity index (χ4n) is 1.88. The number of benzene rings is 1. The summed E-state index contributed by atoms with van der Waals surface area (Å²) in [6.07, 6.45) is 1.83. The van der Waals surface area contributed by atoms with E-state index in [2.05, 4.69) is 4.74 Å². The zero-order valence-corrected chi connectivity index (χ0v) is 9.12. The van der Waals surface area contributed by atoms with Crippen LogP contribution in [0, 0.1) is 5.41 Å². The van der Waals surface area contributed by atoms with Gasteiger partial charge in [0.2, 0.25) is 0 Å². The summed E-state index contributed by atoms with van der Waals surface area (Å²) in [5.74, 6) is -0.141. The Morgan fingerprint density at radius 3 is 2.31 bits per heavy atom. The maximum Gasteiger partial charge on any atom is 0.337 e. The molecular weight excluding hydrogens is 204 g/mol. The van der Waals surface area contributed by atoms with Gasteiger partial charge in [0.25, 0.3) is 0 Å². The number of nitrogens with one attached hydrogen (secondary N) is 1. The van der Waals surface area contributed by atoms with Crippen LogP contribution in [0.15, 0.2) is 24.3 Å². The molecule has 16 heavy (non-hydrogen) atoms. The van der Waals surface area contributed by atoms with Gasteiger partial charge in [-0.05, 0) is 30.5 Å². The molecule has 4 heteroatoms. The Morgan fingerprint density at radius 2 is 1.94 bits per heavy atom. The molecule has 0 aromatic heterocycles. The summed E-state index contributed by atoms with van der Waals surface area (Å²) >= 11 is 0. The standard InChI is InChI=1S/C12H14N2O2/c1-16-10(15)8-2-4-9(5-3-8)12(6-7-12)11(13)14/h2-5H,6-7H2,1H3,(H3,13,14). The van der Waals surface area contributed by atoms with Crippen LogP contribution in [0.2, 0.25) is 0 Å². The van der Waals surface area contributed by atoms with E-state index in [9.17, 15) is 4.79 Å². The zero-order chi connectivity index (χ0) is 11.8. The van der Waals surface area contributed by atoms with Crippen LogP contribution < -0.4 is 5.73 Å². The summed E-state index contributed by atoms with van der Waals surface area (Å²) in [7, 11) is 1.36. The Kier molecular flexibility index (Phi) is 2.42. The summed E-state index contributed by atoms with van der Waals surface area (Å²) in [5.41, 5.74) is 6.84. The number of hydrogen-bond acceptors (Lipinski definition) is 3. The van der Waals surface area contributed by atoms with Gasteiger partial charge in [0.1, 0.15) is 5.84 Å². The lowest BCUT2D eigenvalue weighted by Gasteiger charge is -2.13. The van der Waals surface area contributed by atoms with Crippen LogP contribution in [0.1, 0.15) is 28.8 Å². The second kappa shape index (κ2) is 3.63. The van der Waals surface area contributed by atoms with Crippen LogP contribution in [0.25, 0.3) is 0 Å². The van der Waals surface area contributed by atoms with E-state index >= 15 is 0 Å². The Morgan fingerprint density at radius 1 is 1.38 bits per heavy atom. The van der Waals surface area contributed by atoms with Crippen LogP contribution >= 0.6 is 0 Å². The molecule has 0 saturated heterocycles. The second-order valence-electron chi connectivity index (χ2n) is 4.06. The summed E-state index contributed by atoms with van der Waals surface area (Å²) < 4.78 is 4.62. The fourth-order valence-corrected chi connectivity index (χ4v) is 1.88. The van der Waals surface area contributed by atoms with Crippen LogP contribution in [-0.2, 0) is 10.2 Å². The van der Waals surface area contributed by atoms with Crippen LogP contribution in [0.4, 0.5) is 0 Å². The van der Waals surface area contributed by atoms with Crippen molar-refractivity contribution >= 4 is 11.8 Å². The molecule has 1 aromatic carbocycles. The van der Waals surface area contributed by atoms with Crippen molar-refractivity contribution in [2.45, 2.75) is 18.3 Å². The molecule has 2 rings (SSSR count). The molecule has 84 valence electrons. The van der Waals surface area contributed by atoms with E-state index in [1.807, 2.05) is 12.1 Å². The molecule has 4 nitrogen and oxygen atoms in total. The highest BCUT2D eigenvalue weighted by Crippen LogP contribution is 2.47. The van der Waals surface area contributed by atoms with Crippen molar-refractivity contribution in [3.05, 3.63) is 35.4 Å². The first-order valence-electron chi connectivity index (χ1n) is 5.13. The molecule has 3 N–H and O–H groups in total. The first-order valence-corrected chi connectivity index (χ1v) is 5.13. The Hall–Kier alpha value is -1.84. The predicted molar refractivity (Wildman–Crippen MR) is 60.6 cm³/mol. The third-order valence-corrected chi connectivity index (χ3v) is 3.12. The minimum absolute atomic E-state index is 0.207. The number of rotatable bonds is 3. The number of nitrogens with two attached hydrogens (primary N) is 1. The van der Waals surface area contributed by atoms with Gasteiger partial charge in [0.05, 0.1) is 18.1 Å². The number of ether oxygens (including phenoxy) is 1. The molecule has 0 heterocycles. The Labute approximate surface area is 93.9 Å². The van der Waals surface area contributed by atoms with Crippen molar-refractivity contribution in [3.8, 4) is 0 Å². The van der Waals surface area contributed by atoms with Crippen LogP contribution in [0.5, 0.6) is 0 Å². The monoisotopic (exact) mass is 218 g/mol. The molecule has 0 aliphatic heterocycles. The lowest BCUT2D eigenvalue weighted by atomic mass is 9.94. The molecule has 1 aliphatic carbocycles. The van der Waals surface area contributed by atoms with Crippen molar-refractivity contribution in [3.63, 3.8) is 0 Å². The minimum Gasteiger partial charge on any atom is -0.465 e. The fraction of sp³-hybridized carbons (Fsp3) is 0.333. The molecule has 1 aromatic rings. The molecule has 0 unspecified atom stereocenters. The maximum absolute atomic E-state index is 11.2. The third-order valence-electron chi connectivity index (χ3n) is 3.12. The molecule has 0 bridgehead atoms. The van der Waals surface area contributed by atoms with Gasteiger partial charge in [-0.2, -0.15) is 0 Å². The molecule has 0 amide bonds. The van der Waals surface area contributed by atoms with Crippen molar-refractivity contribution in [1.82, 2.24) is 0 Å². The average Bonchev–Trinajstić information content (AvgIpc) is 3.09.